The van der Waals surface area contributed by atoms with E-state index in [0.717, 1.165) is 5.92 Å². The Balaban J connectivity index is 1.89. The maximum atomic E-state index is 3.88. The standard InChI is InChI=1S/C19H38N2/c1-4-5-6-7-11-14-21-15-18(17(2)3)20-16-19(21)12-9-8-10-13-19/h17-18,20H,4-16H2,1-3H3. The van der Waals surface area contributed by atoms with Gasteiger partial charge < -0.3 is 5.32 Å². The van der Waals surface area contributed by atoms with Crippen LogP contribution in [0.5, 0.6) is 0 Å². The van der Waals surface area contributed by atoms with Crippen molar-refractivity contribution in [2.75, 3.05) is 19.6 Å². The first-order valence-corrected chi connectivity index (χ1v) is 9.66. The Morgan fingerprint density at radius 3 is 2.43 bits per heavy atom. The van der Waals surface area contributed by atoms with Crippen LogP contribution >= 0.6 is 0 Å². The van der Waals surface area contributed by atoms with Crippen molar-refractivity contribution in [3.05, 3.63) is 0 Å². The summed E-state index contributed by atoms with van der Waals surface area (Å²) >= 11 is 0. The van der Waals surface area contributed by atoms with Crippen molar-refractivity contribution < 1.29 is 0 Å². The van der Waals surface area contributed by atoms with Crippen molar-refractivity contribution in [2.45, 2.75) is 96.6 Å². The van der Waals surface area contributed by atoms with Crippen LogP contribution in [0.1, 0.15) is 85.0 Å². The molecular formula is C19H38N2. The van der Waals surface area contributed by atoms with Gasteiger partial charge in [0.1, 0.15) is 0 Å². The molecule has 1 aliphatic heterocycles. The molecular weight excluding hydrogens is 256 g/mol. The predicted molar refractivity (Wildman–Crippen MR) is 92.8 cm³/mol. The van der Waals surface area contributed by atoms with Crippen LogP contribution in [0.15, 0.2) is 0 Å². The van der Waals surface area contributed by atoms with E-state index >= 15 is 0 Å². The van der Waals surface area contributed by atoms with Gasteiger partial charge in [0.05, 0.1) is 0 Å². The molecule has 2 fully saturated rings. The maximum Gasteiger partial charge on any atom is 0.0334 e. The minimum absolute atomic E-state index is 0.508. The topological polar surface area (TPSA) is 15.3 Å². The first kappa shape index (κ1) is 17.3. The highest BCUT2D eigenvalue weighted by molar-refractivity contribution is 5.00. The van der Waals surface area contributed by atoms with Crippen molar-refractivity contribution in [1.82, 2.24) is 10.2 Å². The van der Waals surface area contributed by atoms with Crippen molar-refractivity contribution in [3.8, 4) is 0 Å². The Bertz CT molecular complexity index is 281. The molecule has 1 atom stereocenters. The minimum Gasteiger partial charge on any atom is -0.311 e. The smallest absolute Gasteiger partial charge is 0.0334 e. The molecule has 0 aromatic heterocycles. The summed E-state index contributed by atoms with van der Waals surface area (Å²) in [6, 6.07) is 0.702. The summed E-state index contributed by atoms with van der Waals surface area (Å²) in [5.41, 5.74) is 0.508. The summed E-state index contributed by atoms with van der Waals surface area (Å²) in [6.07, 6.45) is 14.3. The second kappa shape index (κ2) is 8.53. The SMILES string of the molecule is CCCCCCCN1CC(C(C)C)NCC12CCCCC2. The Labute approximate surface area is 133 Å². The zero-order chi connectivity index (χ0) is 15.1. The number of unbranched alkanes of at least 4 members (excludes halogenated alkanes) is 4. The number of hydrogen-bond acceptors (Lipinski definition) is 2. The Kier molecular flexibility index (Phi) is 7.01. The molecule has 2 aliphatic rings. The second-order valence-corrected chi connectivity index (χ2v) is 7.88. The zero-order valence-electron chi connectivity index (χ0n) is 14.8. The van der Waals surface area contributed by atoms with Gasteiger partial charge in [0.25, 0.3) is 0 Å². The average Bonchev–Trinajstić information content (AvgIpc) is 2.49. The second-order valence-electron chi connectivity index (χ2n) is 7.88. The lowest BCUT2D eigenvalue weighted by Crippen LogP contribution is -2.66. The van der Waals surface area contributed by atoms with E-state index in [1.165, 1.54) is 83.8 Å². The van der Waals surface area contributed by atoms with Gasteiger partial charge >= 0.3 is 0 Å². The third-order valence-corrected chi connectivity index (χ3v) is 5.90. The highest BCUT2D eigenvalue weighted by Crippen LogP contribution is 2.36. The number of hydrogen-bond donors (Lipinski definition) is 1. The highest BCUT2D eigenvalue weighted by atomic mass is 15.3. The monoisotopic (exact) mass is 294 g/mol. The lowest BCUT2D eigenvalue weighted by Gasteiger charge is -2.53. The van der Waals surface area contributed by atoms with E-state index in [0.29, 0.717) is 11.6 Å². The van der Waals surface area contributed by atoms with E-state index in [-0.39, 0.29) is 0 Å². The van der Waals surface area contributed by atoms with Gasteiger partial charge in [-0.2, -0.15) is 0 Å². The third kappa shape index (κ3) is 4.69. The van der Waals surface area contributed by atoms with Crippen LogP contribution in [0.3, 0.4) is 0 Å². The molecule has 1 saturated heterocycles. The number of piperazine rings is 1. The van der Waals surface area contributed by atoms with Crippen LogP contribution in [-0.2, 0) is 0 Å². The predicted octanol–water partition coefficient (Wildman–Crippen LogP) is 4.59. The molecule has 2 heteroatoms. The van der Waals surface area contributed by atoms with Gasteiger partial charge in [-0.15, -0.1) is 0 Å². The summed E-state index contributed by atoms with van der Waals surface area (Å²) < 4.78 is 0. The van der Waals surface area contributed by atoms with Gasteiger partial charge in [0, 0.05) is 24.7 Å². The minimum atomic E-state index is 0.508. The third-order valence-electron chi connectivity index (χ3n) is 5.90. The zero-order valence-corrected chi connectivity index (χ0v) is 14.8. The van der Waals surface area contributed by atoms with E-state index in [2.05, 4.69) is 31.0 Å². The molecule has 0 amide bonds. The average molecular weight is 295 g/mol. The van der Waals surface area contributed by atoms with Gasteiger partial charge in [0.2, 0.25) is 0 Å². The van der Waals surface area contributed by atoms with Crippen LogP contribution in [-0.4, -0.2) is 36.1 Å². The summed E-state index contributed by atoms with van der Waals surface area (Å²) in [5, 5.41) is 3.88. The fourth-order valence-corrected chi connectivity index (χ4v) is 4.31. The quantitative estimate of drug-likeness (QED) is 0.691. The molecule has 0 radical (unpaired) electrons. The van der Waals surface area contributed by atoms with Gasteiger partial charge in [-0.1, -0.05) is 65.7 Å². The largest absolute Gasteiger partial charge is 0.311 e. The first-order chi connectivity index (χ1) is 10.2. The van der Waals surface area contributed by atoms with Crippen LogP contribution in [0.4, 0.5) is 0 Å². The molecule has 1 aliphatic carbocycles. The van der Waals surface area contributed by atoms with Crippen molar-refractivity contribution >= 4 is 0 Å². The van der Waals surface area contributed by atoms with E-state index in [1.807, 2.05) is 0 Å². The highest BCUT2D eigenvalue weighted by Gasteiger charge is 2.42. The number of nitrogens with one attached hydrogen (secondary N) is 1. The lowest BCUT2D eigenvalue weighted by atomic mass is 9.77. The summed E-state index contributed by atoms with van der Waals surface area (Å²) in [5.74, 6) is 0.758. The van der Waals surface area contributed by atoms with Crippen LogP contribution in [0.2, 0.25) is 0 Å². The molecule has 0 bridgehead atoms. The molecule has 2 nitrogen and oxygen atoms in total. The molecule has 1 heterocycles. The molecule has 124 valence electrons. The molecule has 1 N–H and O–H groups in total. The Morgan fingerprint density at radius 2 is 1.76 bits per heavy atom. The van der Waals surface area contributed by atoms with Crippen molar-refractivity contribution in [2.24, 2.45) is 5.92 Å². The normalized spacial score (nSPS) is 26.6. The molecule has 2 rings (SSSR count). The first-order valence-electron chi connectivity index (χ1n) is 9.66. The Morgan fingerprint density at radius 1 is 1.05 bits per heavy atom. The van der Waals surface area contributed by atoms with Crippen LogP contribution in [0, 0.1) is 5.92 Å². The van der Waals surface area contributed by atoms with Gasteiger partial charge in [-0.3, -0.25) is 4.90 Å². The van der Waals surface area contributed by atoms with Gasteiger partial charge in [0.15, 0.2) is 0 Å². The van der Waals surface area contributed by atoms with Gasteiger partial charge in [-0.25, -0.2) is 0 Å². The molecule has 1 unspecified atom stereocenters. The fourth-order valence-electron chi connectivity index (χ4n) is 4.31. The Hall–Kier alpha value is -0.0800. The van der Waals surface area contributed by atoms with E-state index < -0.39 is 0 Å². The molecule has 1 spiro atoms. The summed E-state index contributed by atoms with van der Waals surface area (Å²) in [7, 11) is 0. The lowest BCUT2D eigenvalue weighted by molar-refractivity contribution is 0.00106. The molecule has 1 saturated carbocycles. The number of rotatable bonds is 7. The molecule has 21 heavy (non-hydrogen) atoms. The van der Waals surface area contributed by atoms with Crippen LogP contribution < -0.4 is 5.32 Å². The van der Waals surface area contributed by atoms with Crippen LogP contribution in [0.25, 0.3) is 0 Å². The van der Waals surface area contributed by atoms with E-state index in [4.69, 9.17) is 0 Å². The van der Waals surface area contributed by atoms with Gasteiger partial charge in [-0.05, 0) is 31.7 Å². The fraction of sp³-hybridized carbons (Fsp3) is 1.00. The van der Waals surface area contributed by atoms with Crippen molar-refractivity contribution in [3.63, 3.8) is 0 Å². The summed E-state index contributed by atoms with van der Waals surface area (Å²) in [4.78, 5) is 2.90. The van der Waals surface area contributed by atoms with Crippen molar-refractivity contribution in [1.29, 1.82) is 0 Å². The van der Waals surface area contributed by atoms with E-state index in [9.17, 15) is 0 Å². The maximum absolute atomic E-state index is 3.88. The number of nitrogens with zero attached hydrogens (tertiary/aromatic N) is 1. The summed E-state index contributed by atoms with van der Waals surface area (Å²) in [6.45, 7) is 10.9. The molecule has 0 aromatic rings. The van der Waals surface area contributed by atoms with E-state index in [1.54, 1.807) is 0 Å². The molecule has 0 aromatic carbocycles.